The van der Waals surface area contributed by atoms with Crippen LogP contribution in [0.4, 0.5) is 5.69 Å². The van der Waals surface area contributed by atoms with Crippen molar-refractivity contribution >= 4 is 5.69 Å². The van der Waals surface area contributed by atoms with Gasteiger partial charge in [-0.15, -0.1) is 0 Å². The lowest BCUT2D eigenvalue weighted by atomic mass is 10.00. The monoisotopic (exact) mass is 260 g/mol. The average molecular weight is 260 g/mol. The molecule has 2 nitrogen and oxygen atoms in total. The summed E-state index contributed by atoms with van der Waals surface area (Å²) in [5, 5.41) is 3.54. The molecular weight excluding hydrogens is 232 g/mol. The lowest BCUT2D eigenvalue weighted by Gasteiger charge is -2.29. The van der Waals surface area contributed by atoms with Crippen molar-refractivity contribution in [3.05, 3.63) is 29.8 Å². The summed E-state index contributed by atoms with van der Waals surface area (Å²) >= 11 is 0. The Morgan fingerprint density at radius 3 is 2.79 bits per heavy atom. The van der Waals surface area contributed by atoms with E-state index in [-0.39, 0.29) is 0 Å². The van der Waals surface area contributed by atoms with Crippen LogP contribution in [0.25, 0.3) is 0 Å². The van der Waals surface area contributed by atoms with Crippen LogP contribution in [-0.2, 0) is 0 Å². The zero-order chi connectivity index (χ0) is 13.7. The van der Waals surface area contributed by atoms with Crippen molar-refractivity contribution in [2.75, 3.05) is 25.0 Å². The molecule has 106 valence electrons. The lowest BCUT2D eigenvalue weighted by Crippen LogP contribution is -2.36. The maximum atomic E-state index is 3.54. The number of benzene rings is 1. The molecule has 1 N–H and O–H groups in total. The SMILES string of the molecule is CCCCCN(CC1CNc2ccccc21)C(C)C. The van der Waals surface area contributed by atoms with Crippen LogP contribution in [0.3, 0.4) is 0 Å². The topological polar surface area (TPSA) is 15.3 Å². The molecule has 2 heteroatoms. The fraction of sp³-hybridized carbons (Fsp3) is 0.647. The van der Waals surface area contributed by atoms with E-state index in [1.807, 2.05) is 0 Å². The molecule has 2 rings (SSSR count). The predicted molar refractivity (Wildman–Crippen MR) is 83.9 cm³/mol. The molecule has 1 aliphatic rings. The van der Waals surface area contributed by atoms with E-state index in [0.29, 0.717) is 12.0 Å². The fourth-order valence-corrected chi connectivity index (χ4v) is 2.93. The standard InChI is InChI=1S/C17H28N2/c1-4-5-8-11-19(14(2)3)13-15-12-18-17-10-7-6-9-16(15)17/h6-7,9-10,14-15,18H,4-5,8,11-13H2,1-3H3. The number of hydrogen-bond donors (Lipinski definition) is 1. The number of anilines is 1. The summed E-state index contributed by atoms with van der Waals surface area (Å²) < 4.78 is 0. The van der Waals surface area contributed by atoms with Gasteiger partial charge in [-0.05, 0) is 38.4 Å². The van der Waals surface area contributed by atoms with Gasteiger partial charge < -0.3 is 10.2 Å². The Bertz CT molecular complexity index is 387. The zero-order valence-corrected chi connectivity index (χ0v) is 12.7. The van der Waals surface area contributed by atoms with Gasteiger partial charge in [-0.25, -0.2) is 0 Å². The van der Waals surface area contributed by atoms with Gasteiger partial charge in [0.25, 0.3) is 0 Å². The van der Waals surface area contributed by atoms with E-state index < -0.39 is 0 Å². The minimum atomic E-state index is 0.643. The quantitative estimate of drug-likeness (QED) is 0.743. The molecule has 1 unspecified atom stereocenters. The van der Waals surface area contributed by atoms with Gasteiger partial charge >= 0.3 is 0 Å². The smallest absolute Gasteiger partial charge is 0.0376 e. The van der Waals surface area contributed by atoms with E-state index in [1.54, 1.807) is 0 Å². The van der Waals surface area contributed by atoms with E-state index in [2.05, 4.69) is 55.3 Å². The summed E-state index contributed by atoms with van der Waals surface area (Å²) in [6.45, 7) is 10.4. The largest absolute Gasteiger partial charge is 0.384 e. The summed E-state index contributed by atoms with van der Waals surface area (Å²) in [6.07, 6.45) is 3.99. The van der Waals surface area contributed by atoms with Crippen molar-refractivity contribution in [1.82, 2.24) is 4.90 Å². The second-order valence-corrected chi connectivity index (χ2v) is 5.96. The van der Waals surface area contributed by atoms with E-state index in [1.165, 1.54) is 43.6 Å². The summed E-state index contributed by atoms with van der Waals surface area (Å²) in [7, 11) is 0. The van der Waals surface area contributed by atoms with Gasteiger partial charge in [0.2, 0.25) is 0 Å². The molecule has 0 bridgehead atoms. The van der Waals surface area contributed by atoms with E-state index in [4.69, 9.17) is 0 Å². The predicted octanol–water partition coefficient (Wildman–Crippen LogP) is 4.10. The Balaban J connectivity index is 1.95. The fourth-order valence-electron chi connectivity index (χ4n) is 2.93. The molecule has 0 spiro atoms. The van der Waals surface area contributed by atoms with Crippen LogP contribution in [0.5, 0.6) is 0 Å². The van der Waals surface area contributed by atoms with Crippen LogP contribution in [-0.4, -0.2) is 30.6 Å². The number of nitrogens with zero attached hydrogens (tertiary/aromatic N) is 1. The maximum Gasteiger partial charge on any atom is 0.0376 e. The molecule has 0 amide bonds. The van der Waals surface area contributed by atoms with Crippen LogP contribution in [0.1, 0.15) is 51.5 Å². The molecule has 0 radical (unpaired) electrons. The molecule has 1 aromatic carbocycles. The van der Waals surface area contributed by atoms with Gasteiger partial charge in [0.15, 0.2) is 0 Å². The van der Waals surface area contributed by atoms with E-state index >= 15 is 0 Å². The molecule has 1 heterocycles. The molecule has 1 atom stereocenters. The van der Waals surface area contributed by atoms with Gasteiger partial charge in [-0.2, -0.15) is 0 Å². The molecule has 0 saturated heterocycles. The first-order valence-electron chi connectivity index (χ1n) is 7.79. The third-order valence-electron chi connectivity index (χ3n) is 4.17. The number of unbranched alkanes of at least 4 members (excludes halogenated alkanes) is 2. The first-order chi connectivity index (χ1) is 9.22. The Labute approximate surface area is 118 Å². The minimum Gasteiger partial charge on any atom is -0.384 e. The number of rotatable bonds is 7. The third kappa shape index (κ3) is 3.73. The van der Waals surface area contributed by atoms with E-state index in [0.717, 1.165) is 6.54 Å². The first-order valence-corrected chi connectivity index (χ1v) is 7.79. The van der Waals surface area contributed by atoms with Gasteiger partial charge in [0, 0.05) is 30.7 Å². The molecule has 0 saturated carbocycles. The highest BCUT2D eigenvalue weighted by molar-refractivity contribution is 5.57. The highest BCUT2D eigenvalue weighted by Gasteiger charge is 2.24. The first kappa shape index (κ1) is 14.4. The van der Waals surface area contributed by atoms with Crippen molar-refractivity contribution in [3.63, 3.8) is 0 Å². The number of hydrogen-bond acceptors (Lipinski definition) is 2. The maximum absolute atomic E-state index is 3.54. The second kappa shape index (κ2) is 6.95. The number of fused-ring (bicyclic) bond motifs is 1. The normalized spacial score (nSPS) is 17.8. The van der Waals surface area contributed by atoms with Crippen molar-refractivity contribution in [2.24, 2.45) is 0 Å². The Hall–Kier alpha value is -1.02. The summed E-state index contributed by atoms with van der Waals surface area (Å²) in [5.41, 5.74) is 2.84. The molecule has 0 fully saturated rings. The summed E-state index contributed by atoms with van der Waals surface area (Å²) in [5.74, 6) is 0.653. The zero-order valence-electron chi connectivity index (χ0n) is 12.7. The third-order valence-corrected chi connectivity index (χ3v) is 4.17. The Kier molecular flexibility index (Phi) is 5.26. The molecule has 0 aliphatic carbocycles. The molecular formula is C17H28N2. The van der Waals surface area contributed by atoms with Crippen molar-refractivity contribution in [3.8, 4) is 0 Å². The van der Waals surface area contributed by atoms with Gasteiger partial charge in [0.1, 0.15) is 0 Å². The Morgan fingerprint density at radius 2 is 2.05 bits per heavy atom. The highest BCUT2D eigenvalue weighted by atomic mass is 15.2. The molecule has 1 aliphatic heterocycles. The number of para-hydroxylation sites is 1. The van der Waals surface area contributed by atoms with Crippen LogP contribution in [0.2, 0.25) is 0 Å². The van der Waals surface area contributed by atoms with Crippen LogP contribution < -0.4 is 5.32 Å². The van der Waals surface area contributed by atoms with Crippen LogP contribution in [0.15, 0.2) is 24.3 Å². The van der Waals surface area contributed by atoms with Crippen molar-refractivity contribution in [2.45, 2.75) is 52.0 Å². The van der Waals surface area contributed by atoms with Gasteiger partial charge in [-0.1, -0.05) is 38.0 Å². The Morgan fingerprint density at radius 1 is 1.26 bits per heavy atom. The van der Waals surface area contributed by atoms with Crippen LogP contribution >= 0.6 is 0 Å². The highest BCUT2D eigenvalue weighted by Crippen LogP contribution is 2.31. The van der Waals surface area contributed by atoms with E-state index in [9.17, 15) is 0 Å². The minimum absolute atomic E-state index is 0.643. The van der Waals surface area contributed by atoms with Crippen LogP contribution in [0, 0.1) is 0 Å². The summed E-state index contributed by atoms with van der Waals surface area (Å²) in [6, 6.07) is 9.41. The molecule has 19 heavy (non-hydrogen) atoms. The van der Waals surface area contributed by atoms with Gasteiger partial charge in [0.05, 0.1) is 0 Å². The second-order valence-electron chi connectivity index (χ2n) is 5.96. The van der Waals surface area contributed by atoms with Crippen molar-refractivity contribution < 1.29 is 0 Å². The van der Waals surface area contributed by atoms with Crippen molar-refractivity contribution in [1.29, 1.82) is 0 Å². The average Bonchev–Trinajstić information content (AvgIpc) is 2.81. The molecule has 0 aromatic heterocycles. The van der Waals surface area contributed by atoms with Gasteiger partial charge in [-0.3, -0.25) is 0 Å². The summed E-state index contributed by atoms with van der Waals surface area (Å²) in [4.78, 5) is 2.64. The lowest BCUT2D eigenvalue weighted by molar-refractivity contribution is 0.207. The molecule has 1 aromatic rings. The number of nitrogens with one attached hydrogen (secondary N) is 1.